The molecule has 2 heterocycles. The Morgan fingerprint density at radius 1 is 1.18 bits per heavy atom. The van der Waals surface area contributed by atoms with Crippen LogP contribution in [0.4, 0.5) is 5.88 Å². The number of carbonyl (C=O) groups is 1. The van der Waals surface area contributed by atoms with Crippen molar-refractivity contribution in [3.63, 3.8) is 0 Å². The Hall–Kier alpha value is -4.33. The molecule has 4 aromatic rings. The minimum atomic E-state index is -0.643. The summed E-state index contributed by atoms with van der Waals surface area (Å²) in [5.74, 6) is -0.197. The van der Waals surface area contributed by atoms with E-state index in [1.165, 1.54) is 23.9 Å². The van der Waals surface area contributed by atoms with Gasteiger partial charge in [0.15, 0.2) is 5.76 Å². The highest BCUT2D eigenvalue weighted by Crippen LogP contribution is 2.27. The van der Waals surface area contributed by atoms with E-state index < -0.39 is 16.7 Å². The molecule has 4 rings (SSSR count). The molecule has 0 saturated carbocycles. The van der Waals surface area contributed by atoms with Crippen molar-refractivity contribution in [1.82, 2.24) is 10.4 Å². The molecule has 0 aliphatic rings. The number of rotatable bonds is 7. The van der Waals surface area contributed by atoms with Gasteiger partial charge in [-0.1, -0.05) is 56.3 Å². The molecular formula is C25H22N4O4. The van der Waals surface area contributed by atoms with Gasteiger partial charge in [0, 0.05) is 10.9 Å². The number of nitrogens with one attached hydrogen (secondary N) is 1. The summed E-state index contributed by atoms with van der Waals surface area (Å²) in [6.45, 7) is 4.34. The van der Waals surface area contributed by atoms with Gasteiger partial charge in [-0.25, -0.2) is 10.4 Å². The maximum atomic E-state index is 12.9. The van der Waals surface area contributed by atoms with Crippen LogP contribution in [0.1, 0.15) is 47.9 Å². The Balaban J connectivity index is 1.62. The lowest BCUT2D eigenvalue weighted by atomic mass is 9.96. The standard InChI is InChI=1S/C25H22N4O4/c1-3-16(2)17-8-10-18(11-9-17)23-14-21(20-6-4-5-7-22(20)27-23)25(30)28-26-15-19-12-13-24(33-19)29(31)32/h4-16H,3H2,1-2H3,(H,28,30)/t16-/m1/s1. The van der Waals surface area contributed by atoms with Crippen LogP contribution in [0.2, 0.25) is 0 Å². The predicted molar refractivity (Wildman–Crippen MR) is 126 cm³/mol. The summed E-state index contributed by atoms with van der Waals surface area (Å²) >= 11 is 0. The second kappa shape index (κ2) is 9.44. The molecule has 2 aromatic carbocycles. The van der Waals surface area contributed by atoms with E-state index in [1.807, 2.05) is 36.4 Å². The minimum Gasteiger partial charge on any atom is -0.400 e. The third-order valence-corrected chi connectivity index (χ3v) is 5.50. The number of hydrogen-bond acceptors (Lipinski definition) is 6. The van der Waals surface area contributed by atoms with Gasteiger partial charge in [0.05, 0.1) is 29.1 Å². The van der Waals surface area contributed by atoms with E-state index in [1.54, 1.807) is 6.07 Å². The number of hydrazone groups is 1. The Morgan fingerprint density at radius 2 is 1.94 bits per heavy atom. The first-order chi connectivity index (χ1) is 16.0. The van der Waals surface area contributed by atoms with Crippen molar-refractivity contribution in [2.24, 2.45) is 5.10 Å². The van der Waals surface area contributed by atoms with Gasteiger partial charge in [-0.2, -0.15) is 5.10 Å². The quantitative estimate of drug-likeness (QED) is 0.225. The molecule has 166 valence electrons. The highest BCUT2D eigenvalue weighted by Gasteiger charge is 2.15. The largest absolute Gasteiger partial charge is 0.433 e. The van der Waals surface area contributed by atoms with E-state index in [2.05, 4.69) is 36.5 Å². The van der Waals surface area contributed by atoms with Crippen molar-refractivity contribution in [1.29, 1.82) is 0 Å². The zero-order valence-corrected chi connectivity index (χ0v) is 18.2. The van der Waals surface area contributed by atoms with Crippen LogP contribution in [0.3, 0.4) is 0 Å². The van der Waals surface area contributed by atoms with Crippen molar-refractivity contribution < 1.29 is 14.1 Å². The van der Waals surface area contributed by atoms with Crippen LogP contribution in [0, 0.1) is 10.1 Å². The summed E-state index contributed by atoms with van der Waals surface area (Å²) in [6.07, 6.45) is 2.27. The molecule has 33 heavy (non-hydrogen) atoms. The van der Waals surface area contributed by atoms with Gasteiger partial charge >= 0.3 is 5.88 Å². The summed E-state index contributed by atoms with van der Waals surface area (Å²) < 4.78 is 5.00. The van der Waals surface area contributed by atoms with Crippen molar-refractivity contribution in [3.8, 4) is 11.3 Å². The summed E-state index contributed by atoms with van der Waals surface area (Å²) in [6, 6.07) is 20.0. The van der Waals surface area contributed by atoms with Gasteiger partial charge in [-0.05, 0) is 36.1 Å². The molecule has 0 aliphatic carbocycles. The van der Waals surface area contributed by atoms with Crippen LogP contribution >= 0.6 is 0 Å². The predicted octanol–water partition coefficient (Wildman–Crippen LogP) is 5.68. The van der Waals surface area contributed by atoms with Gasteiger partial charge in [0.2, 0.25) is 0 Å². The number of para-hydroxylation sites is 1. The lowest BCUT2D eigenvalue weighted by molar-refractivity contribution is -0.402. The van der Waals surface area contributed by atoms with E-state index in [0.29, 0.717) is 28.1 Å². The number of nitro groups is 1. The van der Waals surface area contributed by atoms with Crippen LogP contribution < -0.4 is 5.43 Å². The number of benzene rings is 2. The molecule has 1 N–H and O–H groups in total. The molecule has 0 unspecified atom stereocenters. The molecule has 0 bridgehead atoms. The number of carbonyl (C=O) groups excluding carboxylic acids is 1. The normalized spacial score (nSPS) is 12.2. The van der Waals surface area contributed by atoms with Crippen LogP contribution in [0.25, 0.3) is 22.2 Å². The lowest BCUT2D eigenvalue weighted by Crippen LogP contribution is -2.18. The Kier molecular flexibility index (Phi) is 6.26. The molecule has 0 radical (unpaired) electrons. The molecule has 8 nitrogen and oxygen atoms in total. The second-order valence-electron chi connectivity index (χ2n) is 7.64. The van der Waals surface area contributed by atoms with E-state index in [9.17, 15) is 14.9 Å². The van der Waals surface area contributed by atoms with Crippen LogP contribution in [-0.4, -0.2) is 22.0 Å². The smallest absolute Gasteiger partial charge is 0.400 e. The van der Waals surface area contributed by atoms with Gasteiger partial charge in [-0.15, -0.1) is 0 Å². The summed E-state index contributed by atoms with van der Waals surface area (Å²) in [4.78, 5) is 27.7. The molecule has 8 heteroatoms. The number of nitrogens with zero attached hydrogens (tertiary/aromatic N) is 3. The fourth-order valence-corrected chi connectivity index (χ4v) is 3.45. The monoisotopic (exact) mass is 442 g/mol. The van der Waals surface area contributed by atoms with Gasteiger partial charge in [-0.3, -0.25) is 14.9 Å². The molecule has 0 fully saturated rings. The topological polar surface area (TPSA) is 111 Å². The van der Waals surface area contributed by atoms with Gasteiger partial charge in [0.25, 0.3) is 5.91 Å². The summed E-state index contributed by atoms with van der Waals surface area (Å²) in [5.41, 5.74) is 6.42. The SMILES string of the molecule is CC[C@@H](C)c1ccc(-c2cc(C(=O)NN=Cc3ccc([N+](=O)[O-])o3)c3ccccc3n2)cc1. The van der Waals surface area contributed by atoms with Crippen LogP contribution in [-0.2, 0) is 0 Å². The third kappa shape index (κ3) is 4.79. The second-order valence-corrected chi connectivity index (χ2v) is 7.64. The minimum absolute atomic E-state index is 0.156. The molecule has 1 amide bonds. The third-order valence-electron chi connectivity index (χ3n) is 5.50. The lowest BCUT2D eigenvalue weighted by Gasteiger charge is -2.11. The van der Waals surface area contributed by atoms with E-state index in [4.69, 9.17) is 9.40 Å². The summed E-state index contributed by atoms with van der Waals surface area (Å²) in [7, 11) is 0. The number of aromatic nitrogens is 1. The fraction of sp³-hybridized carbons (Fsp3) is 0.160. The first-order valence-electron chi connectivity index (χ1n) is 10.5. The molecule has 2 aromatic heterocycles. The maximum Gasteiger partial charge on any atom is 0.433 e. The van der Waals surface area contributed by atoms with Crippen molar-refractivity contribution in [2.75, 3.05) is 0 Å². The number of fused-ring (bicyclic) bond motifs is 1. The van der Waals surface area contributed by atoms with Crippen molar-refractivity contribution in [3.05, 3.63) is 93.7 Å². The summed E-state index contributed by atoms with van der Waals surface area (Å²) in [5, 5.41) is 15.3. The Morgan fingerprint density at radius 3 is 2.64 bits per heavy atom. The molecule has 0 aliphatic heterocycles. The van der Waals surface area contributed by atoms with E-state index >= 15 is 0 Å². The first-order valence-corrected chi connectivity index (χ1v) is 10.5. The number of pyridine rings is 1. The number of amides is 1. The Labute approximate surface area is 190 Å². The first kappa shape index (κ1) is 21.9. The van der Waals surface area contributed by atoms with E-state index in [0.717, 1.165) is 12.0 Å². The highest BCUT2D eigenvalue weighted by molar-refractivity contribution is 6.07. The molecular weight excluding hydrogens is 420 g/mol. The molecule has 1 atom stereocenters. The fourth-order valence-electron chi connectivity index (χ4n) is 3.45. The molecule has 0 saturated heterocycles. The van der Waals surface area contributed by atoms with Crippen LogP contribution in [0.15, 0.2) is 76.2 Å². The van der Waals surface area contributed by atoms with Crippen LogP contribution in [0.5, 0.6) is 0 Å². The number of hydrogen-bond donors (Lipinski definition) is 1. The van der Waals surface area contributed by atoms with Gasteiger partial charge in [0.1, 0.15) is 4.92 Å². The maximum absolute atomic E-state index is 12.9. The van der Waals surface area contributed by atoms with E-state index in [-0.39, 0.29) is 5.76 Å². The zero-order valence-electron chi connectivity index (χ0n) is 18.2. The number of furan rings is 1. The van der Waals surface area contributed by atoms with Crippen molar-refractivity contribution >= 4 is 28.9 Å². The average Bonchev–Trinajstić information content (AvgIpc) is 3.32. The highest BCUT2D eigenvalue weighted by atomic mass is 16.6. The van der Waals surface area contributed by atoms with Gasteiger partial charge < -0.3 is 4.42 Å². The molecule has 0 spiro atoms. The Bertz CT molecular complexity index is 1340. The van der Waals surface area contributed by atoms with Crippen molar-refractivity contribution in [2.45, 2.75) is 26.2 Å². The zero-order chi connectivity index (χ0) is 23.4. The average molecular weight is 442 g/mol.